The molecule has 1 aliphatic heterocycles. The van der Waals surface area contributed by atoms with Gasteiger partial charge in [0, 0.05) is 13.0 Å². The molecule has 0 saturated heterocycles. The molecule has 0 unspecified atom stereocenters. The molecule has 2 nitrogen and oxygen atoms in total. The zero-order chi connectivity index (χ0) is 13.9. The number of nitrogens with one attached hydrogen (secondary N) is 1. The molecule has 0 aromatic heterocycles. The first-order chi connectivity index (χ1) is 9.72. The van der Waals surface area contributed by atoms with Gasteiger partial charge in [-0.3, -0.25) is 0 Å². The maximum Gasteiger partial charge on any atom is 0.122 e. The Morgan fingerprint density at radius 3 is 3.00 bits per heavy atom. The Morgan fingerprint density at radius 1 is 1.20 bits per heavy atom. The summed E-state index contributed by atoms with van der Waals surface area (Å²) < 4.78 is 5.52. The van der Waals surface area contributed by atoms with Crippen LogP contribution in [-0.2, 0) is 12.8 Å². The minimum Gasteiger partial charge on any atom is -0.493 e. The van der Waals surface area contributed by atoms with Gasteiger partial charge in [-0.25, -0.2) is 0 Å². The normalized spacial score (nSPS) is 12.9. The van der Waals surface area contributed by atoms with Gasteiger partial charge in [-0.05, 0) is 48.2 Å². The van der Waals surface area contributed by atoms with Crippen molar-refractivity contribution in [3.05, 3.63) is 58.1 Å². The molecular formula is C17H18ClNO. The molecule has 3 heteroatoms. The third-order valence-corrected chi connectivity index (χ3v) is 3.93. The zero-order valence-corrected chi connectivity index (χ0v) is 12.3. The second-order valence-electron chi connectivity index (χ2n) is 5.20. The van der Waals surface area contributed by atoms with Crippen LogP contribution in [0.25, 0.3) is 0 Å². The molecule has 0 radical (unpaired) electrons. The molecule has 0 spiro atoms. The number of hydrogen-bond acceptors (Lipinski definition) is 2. The second kappa shape index (κ2) is 5.76. The summed E-state index contributed by atoms with van der Waals surface area (Å²) in [5.41, 5.74) is 4.89. The topological polar surface area (TPSA) is 21.3 Å². The van der Waals surface area contributed by atoms with Crippen molar-refractivity contribution < 1.29 is 4.74 Å². The van der Waals surface area contributed by atoms with E-state index in [2.05, 4.69) is 36.5 Å². The van der Waals surface area contributed by atoms with Crippen LogP contribution in [0, 0.1) is 6.92 Å². The first-order valence-corrected chi connectivity index (χ1v) is 7.35. The number of aryl methyl sites for hydroxylation is 1. The highest BCUT2D eigenvalue weighted by Gasteiger charge is 2.11. The highest BCUT2D eigenvalue weighted by molar-refractivity contribution is 6.33. The molecule has 3 rings (SSSR count). The highest BCUT2D eigenvalue weighted by atomic mass is 35.5. The van der Waals surface area contributed by atoms with Gasteiger partial charge >= 0.3 is 0 Å². The molecule has 1 N–H and O–H groups in total. The molecule has 2 aromatic carbocycles. The summed E-state index contributed by atoms with van der Waals surface area (Å²) in [5, 5.41) is 4.18. The van der Waals surface area contributed by atoms with E-state index in [9.17, 15) is 0 Å². The summed E-state index contributed by atoms with van der Waals surface area (Å²) in [6.45, 7) is 3.76. The van der Waals surface area contributed by atoms with Crippen molar-refractivity contribution in [3.8, 4) is 5.75 Å². The number of anilines is 1. The molecule has 1 aliphatic rings. The van der Waals surface area contributed by atoms with E-state index < -0.39 is 0 Å². The van der Waals surface area contributed by atoms with Crippen LogP contribution in [0.15, 0.2) is 36.4 Å². The highest BCUT2D eigenvalue weighted by Crippen LogP contribution is 2.26. The molecule has 2 aromatic rings. The van der Waals surface area contributed by atoms with Gasteiger partial charge in [0.25, 0.3) is 0 Å². The molecule has 0 saturated carbocycles. The van der Waals surface area contributed by atoms with E-state index in [1.54, 1.807) is 0 Å². The number of benzene rings is 2. The van der Waals surface area contributed by atoms with E-state index in [1.807, 2.05) is 12.1 Å². The average molecular weight is 288 g/mol. The van der Waals surface area contributed by atoms with E-state index >= 15 is 0 Å². The Morgan fingerprint density at radius 2 is 2.10 bits per heavy atom. The lowest BCUT2D eigenvalue weighted by Crippen LogP contribution is -2.05. The van der Waals surface area contributed by atoms with Crippen LogP contribution in [-0.4, -0.2) is 13.2 Å². The second-order valence-corrected chi connectivity index (χ2v) is 5.61. The standard InChI is InChI=1S/C17H18ClNO/c1-12-2-4-15(18)16(10-12)19-8-6-13-3-5-17-14(11-13)7-9-20-17/h2-5,10-11,19H,6-9H2,1H3. The predicted molar refractivity (Wildman–Crippen MR) is 84.0 cm³/mol. The number of rotatable bonds is 4. The fraction of sp³-hybridized carbons (Fsp3) is 0.294. The lowest BCUT2D eigenvalue weighted by molar-refractivity contribution is 0.357. The summed E-state index contributed by atoms with van der Waals surface area (Å²) in [4.78, 5) is 0. The van der Waals surface area contributed by atoms with Crippen molar-refractivity contribution in [2.45, 2.75) is 19.8 Å². The van der Waals surface area contributed by atoms with Crippen LogP contribution in [0.5, 0.6) is 5.75 Å². The number of ether oxygens (including phenoxy) is 1. The number of fused-ring (bicyclic) bond motifs is 1. The van der Waals surface area contributed by atoms with Crippen LogP contribution < -0.4 is 10.1 Å². The van der Waals surface area contributed by atoms with Crippen LogP contribution in [0.2, 0.25) is 5.02 Å². The minimum absolute atomic E-state index is 0.776. The SMILES string of the molecule is Cc1ccc(Cl)c(NCCc2ccc3c(c2)CCO3)c1. The van der Waals surface area contributed by atoms with Crippen molar-refractivity contribution in [1.82, 2.24) is 0 Å². The zero-order valence-electron chi connectivity index (χ0n) is 11.6. The van der Waals surface area contributed by atoms with Gasteiger partial charge in [-0.15, -0.1) is 0 Å². The smallest absolute Gasteiger partial charge is 0.122 e. The van der Waals surface area contributed by atoms with E-state index in [0.717, 1.165) is 42.5 Å². The summed E-state index contributed by atoms with van der Waals surface area (Å²) in [6, 6.07) is 12.5. The molecule has 0 amide bonds. The van der Waals surface area contributed by atoms with E-state index in [1.165, 1.54) is 16.7 Å². The van der Waals surface area contributed by atoms with Crippen LogP contribution in [0.3, 0.4) is 0 Å². The van der Waals surface area contributed by atoms with Gasteiger partial charge in [0.05, 0.1) is 17.3 Å². The Kier molecular flexibility index (Phi) is 3.83. The summed E-state index contributed by atoms with van der Waals surface area (Å²) >= 11 is 6.18. The Labute approximate surface area is 124 Å². The number of halogens is 1. The van der Waals surface area contributed by atoms with Gasteiger partial charge in [-0.1, -0.05) is 29.8 Å². The molecule has 104 valence electrons. The molecular weight excluding hydrogens is 270 g/mol. The molecule has 0 atom stereocenters. The monoisotopic (exact) mass is 287 g/mol. The van der Waals surface area contributed by atoms with Crippen molar-refractivity contribution in [3.63, 3.8) is 0 Å². The largest absolute Gasteiger partial charge is 0.493 e. The van der Waals surface area contributed by atoms with Gasteiger partial charge < -0.3 is 10.1 Å². The minimum atomic E-state index is 0.776. The fourth-order valence-electron chi connectivity index (χ4n) is 2.51. The van der Waals surface area contributed by atoms with Gasteiger partial charge in [-0.2, -0.15) is 0 Å². The molecule has 20 heavy (non-hydrogen) atoms. The van der Waals surface area contributed by atoms with Crippen LogP contribution >= 0.6 is 11.6 Å². The van der Waals surface area contributed by atoms with Gasteiger partial charge in [0.1, 0.15) is 5.75 Å². The first-order valence-electron chi connectivity index (χ1n) is 6.97. The molecule has 0 aliphatic carbocycles. The quantitative estimate of drug-likeness (QED) is 0.908. The van der Waals surface area contributed by atoms with Crippen molar-refractivity contribution in [1.29, 1.82) is 0 Å². The van der Waals surface area contributed by atoms with Gasteiger partial charge in [0.15, 0.2) is 0 Å². The van der Waals surface area contributed by atoms with Crippen LogP contribution in [0.1, 0.15) is 16.7 Å². The number of hydrogen-bond donors (Lipinski definition) is 1. The van der Waals surface area contributed by atoms with Crippen molar-refractivity contribution >= 4 is 17.3 Å². The van der Waals surface area contributed by atoms with Gasteiger partial charge in [0.2, 0.25) is 0 Å². The third-order valence-electron chi connectivity index (χ3n) is 3.60. The van der Waals surface area contributed by atoms with Crippen molar-refractivity contribution in [2.24, 2.45) is 0 Å². The Balaban J connectivity index is 1.61. The molecule has 1 heterocycles. The Bertz CT molecular complexity index is 624. The predicted octanol–water partition coefficient (Wildman–Crippen LogP) is 4.24. The van der Waals surface area contributed by atoms with Crippen LogP contribution in [0.4, 0.5) is 5.69 Å². The summed E-state index contributed by atoms with van der Waals surface area (Å²) in [7, 11) is 0. The maximum absolute atomic E-state index is 6.18. The fourth-order valence-corrected chi connectivity index (χ4v) is 2.70. The summed E-state index contributed by atoms with van der Waals surface area (Å²) in [5.74, 6) is 1.04. The van der Waals surface area contributed by atoms with Crippen molar-refractivity contribution in [2.75, 3.05) is 18.5 Å². The molecule has 0 bridgehead atoms. The summed E-state index contributed by atoms with van der Waals surface area (Å²) in [6.07, 6.45) is 2.01. The maximum atomic E-state index is 6.18. The average Bonchev–Trinajstić information content (AvgIpc) is 2.90. The molecule has 0 fully saturated rings. The lowest BCUT2D eigenvalue weighted by atomic mass is 10.1. The lowest BCUT2D eigenvalue weighted by Gasteiger charge is -2.10. The van der Waals surface area contributed by atoms with E-state index in [0.29, 0.717) is 0 Å². The van der Waals surface area contributed by atoms with E-state index in [-0.39, 0.29) is 0 Å². The Hall–Kier alpha value is -1.67. The third kappa shape index (κ3) is 2.91. The first kappa shape index (κ1) is 13.3. The van der Waals surface area contributed by atoms with E-state index in [4.69, 9.17) is 16.3 Å².